The fourth-order valence-electron chi connectivity index (χ4n) is 4.31. The minimum absolute atomic E-state index is 0.126. The van der Waals surface area contributed by atoms with E-state index >= 15 is 0 Å². The van der Waals surface area contributed by atoms with Gasteiger partial charge >= 0.3 is 165 Å². The molecule has 0 saturated carbocycles. The average molecular weight is 391 g/mol. The van der Waals surface area contributed by atoms with Crippen molar-refractivity contribution < 1.29 is 9.28 Å². The molecule has 0 aliphatic rings. The Hall–Kier alpha value is -1.24. The van der Waals surface area contributed by atoms with E-state index in [0.717, 1.165) is 36.0 Å². The van der Waals surface area contributed by atoms with E-state index in [-0.39, 0.29) is 11.7 Å². The van der Waals surface area contributed by atoms with Crippen molar-refractivity contribution in [2.75, 3.05) is 18.5 Å². The minimum atomic E-state index is -2.90. The second-order valence-electron chi connectivity index (χ2n) is 8.31. The Bertz CT molecular complexity index is 810. The summed E-state index contributed by atoms with van der Waals surface area (Å²) in [6.07, 6.45) is 3.22. The van der Waals surface area contributed by atoms with Crippen molar-refractivity contribution in [2.24, 2.45) is 0 Å². The van der Waals surface area contributed by atoms with Gasteiger partial charge < -0.3 is 0 Å². The van der Waals surface area contributed by atoms with Crippen LogP contribution in [0.15, 0.2) is 30.3 Å². The van der Waals surface area contributed by atoms with E-state index in [1.54, 1.807) is 6.07 Å². The molecule has 2 rings (SSSR count). The predicted octanol–water partition coefficient (Wildman–Crippen LogP) is 6.30. The molecule has 150 valence electrons. The Morgan fingerprint density at radius 2 is 1.56 bits per heavy atom. The summed E-state index contributed by atoms with van der Waals surface area (Å²) in [5.41, 5.74) is 5.63. The van der Waals surface area contributed by atoms with Gasteiger partial charge in [-0.25, -0.2) is 0 Å². The van der Waals surface area contributed by atoms with Gasteiger partial charge in [0.2, 0.25) is 0 Å². The molecule has 2 aromatic carbocycles. The number of hydrogen-bond donors (Lipinski definition) is 1. The van der Waals surface area contributed by atoms with Crippen LogP contribution in [0.4, 0.5) is 4.39 Å². The molecule has 0 spiro atoms. The van der Waals surface area contributed by atoms with Crippen molar-refractivity contribution in [3.63, 3.8) is 0 Å². The van der Waals surface area contributed by atoms with Crippen molar-refractivity contribution in [2.45, 2.75) is 60.8 Å². The molecule has 0 radical (unpaired) electrons. The van der Waals surface area contributed by atoms with Crippen LogP contribution in [0.1, 0.15) is 68.4 Å². The SMILES string of the molecule is CCP(O)(CC)(CC)c1ccc(C)c(Cc2ccc(F)c(C(C)C)c2)c1C. The molecule has 1 N–H and O–H groups in total. The zero-order chi connectivity index (χ0) is 20.4. The van der Waals surface area contributed by atoms with E-state index in [0.29, 0.717) is 0 Å². The van der Waals surface area contributed by atoms with Gasteiger partial charge in [0.1, 0.15) is 0 Å². The average Bonchev–Trinajstić information content (AvgIpc) is 2.65. The Kier molecular flexibility index (Phi) is 6.55. The Morgan fingerprint density at radius 1 is 0.963 bits per heavy atom. The van der Waals surface area contributed by atoms with E-state index in [9.17, 15) is 9.28 Å². The second kappa shape index (κ2) is 8.02. The molecular weight excluding hydrogens is 354 g/mol. The van der Waals surface area contributed by atoms with Crippen molar-refractivity contribution in [1.29, 1.82) is 0 Å². The summed E-state index contributed by atoms with van der Waals surface area (Å²) in [4.78, 5) is 11.9. The van der Waals surface area contributed by atoms with Crippen LogP contribution in [0.2, 0.25) is 0 Å². The zero-order valence-corrected chi connectivity index (χ0v) is 19.0. The molecule has 27 heavy (non-hydrogen) atoms. The Morgan fingerprint density at radius 3 is 2.07 bits per heavy atom. The van der Waals surface area contributed by atoms with Crippen LogP contribution in [0.25, 0.3) is 0 Å². The molecule has 0 heterocycles. The second-order valence-corrected chi connectivity index (χ2v) is 14.0. The third-order valence-electron chi connectivity index (χ3n) is 6.73. The summed E-state index contributed by atoms with van der Waals surface area (Å²) < 4.78 is 14.1. The molecule has 0 saturated heterocycles. The normalized spacial score (nSPS) is 13.6. The molecule has 0 atom stereocenters. The van der Waals surface area contributed by atoms with E-state index in [1.165, 1.54) is 22.0 Å². The first kappa shape index (κ1) is 22.1. The van der Waals surface area contributed by atoms with E-state index < -0.39 is 6.83 Å². The fourth-order valence-corrected chi connectivity index (χ4v) is 8.12. The van der Waals surface area contributed by atoms with Crippen LogP contribution in [0.5, 0.6) is 0 Å². The summed E-state index contributed by atoms with van der Waals surface area (Å²) in [6, 6.07) is 9.81. The van der Waals surface area contributed by atoms with Crippen molar-refractivity contribution in [1.82, 2.24) is 0 Å². The summed E-state index contributed by atoms with van der Waals surface area (Å²) >= 11 is 0. The van der Waals surface area contributed by atoms with Crippen LogP contribution in [-0.4, -0.2) is 23.4 Å². The Labute approximate surface area is 165 Å². The number of hydrogen-bond acceptors (Lipinski definition) is 1. The van der Waals surface area contributed by atoms with Crippen LogP contribution < -0.4 is 5.30 Å². The first-order valence-electron chi connectivity index (χ1n) is 10.2. The summed E-state index contributed by atoms with van der Waals surface area (Å²) in [6.45, 7) is 11.8. The summed E-state index contributed by atoms with van der Waals surface area (Å²) in [7, 11) is 0. The molecule has 0 fully saturated rings. The number of halogens is 1. The van der Waals surface area contributed by atoms with Gasteiger partial charge in [-0.15, -0.1) is 0 Å². The Balaban J connectivity index is 2.59. The van der Waals surface area contributed by atoms with Crippen LogP contribution >= 0.6 is 6.83 Å². The third-order valence-corrected chi connectivity index (χ3v) is 12.9. The first-order valence-corrected chi connectivity index (χ1v) is 13.0. The van der Waals surface area contributed by atoms with Crippen LogP contribution in [0, 0.1) is 19.7 Å². The maximum absolute atomic E-state index is 14.1. The molecule has 0 unspecified atom stereocenters. The van der Waals surface area contributed by atoms with Gasteiger partial charge in [-0.3, -0.25) is 0 Å². The number of rotatable bonds is 7. The molecule has 3 heteroatoms. The van der Waals surface area contributed by atoms with Gasteiger partial charge in [0.05, 0.1) is 0 Å². The quantitative estimate of drug-likeness (QED) is 0.550. The molecule has 0 aliphatic heterocycles. The number of benzene rings is 2. The summed E-state index contributed by atoms with van der Waals surface area (Å²) in [5.74, 6) is 0.0401. The molecule has 2 aromatic rings. The van der Waals surface area contributed by atoms with Gasteiger partial charge in [-0.2, -0.15) is 0 Å². The van der Waals surface area contributed by atoms with E-state index in [2.05, 4.69) is 46.8 Å². The monoisotopic (exact) mass is 390 g/mol. The van der Waals surface area contributed by atoms with Gasteiger partial charge in [-0.1, -0.05) is 0 Å². The molecule has 0 aliphatic carbocycles. The van der Waals surface area contributed by atoms with Crippen molar-refractivity contribution >= 4 is 12.1 Å². The zero-order valence-electron chi connectivity index (χ0n) is 18.1. The predicted molar refractivity (Wildman–Crippen MR) is 120 cm³/mol. The van der Waals surface area contributed by atoms with Gasteiger partial charge in [0, 0.05) is 0 Å². The van der Waals surface area contributed by atoms with Crippen LogP contribution in [-0.2, 0) is 6.42 Å². The van der Waals surface area contributed by atoms with Gasteiger partial charge in [-0.05, 0) is 0 Å². The molecule has 0 bridgehead atoms. The molecule has 1 nitrogen and oxygen atoms in total. The fraction of sp³-hybridized carbons (Fsp3) is 0.500. The molecule has 0 aromatic heterocycles. The topological polar surface area (TPSA) is 20.2 Å². The van der Waals surface area contributed by atoms with Gasteiger partial charge in [0.25, 0.3) is 0 Å². The van der Waals surface area contributed by atoms with E-state index in [4.69, 9.17) is 0 Å². The standard InChI is InChI=1S/C24H36FOP/c1-8-27(26,9-2,10-3)24-14-11-18(6)22(19(24)7)16-20-12-13-23(25)21(15-20)17(4)5/h11-15,17,26H,8-10,16H2,1-7H3. The molecular formula is C24H36FOP. The third kappa shape index (κ3) is 3.98. The van der Waals surface area contributed by atoms with Gasteiger partial charge in [0.15, 0.2) is 0 Å². The van der Waals surface area contributed by atoms with Crippen molar-refractivity contribution in [3.8, 4) is 0 Å². The van der Waals surface area contributed by atoms with Crippen LogP contribution in [0.3, 0.4) is 0 Å². The van der Waals surface area contributed by atoms with Crippen molar-refractivity contribution in [3.05, 3.63) is 64.0 Å². The first-order chi connectivity index (χ1) is 12.6. The molecule has 0 amide bonds. The number of aryl methyl sites for hydroxylation is 1. The summed E-state index contributed by atoms with van der Waals surface area (Å²) in [5, 5.41) is 1.17. The maximum atomic E-state index is 14.1. The van der Waals surface area contributed by atoms with E-state index in [1.807, 2.05) is 26.0 Å².